The molecule has 0 fully saturated rings. The summed E-state index contributed by atoms with van der Waals surface area (Å²) in [5.74, 6) is -0.394. The summed E-state index contributed by atoms with van der Waals surface area (Å²) in [5.41, 5.74) is 0.974. The standard InChI is InChI=1S/C13H16O3/c1-10(14)13(8-9-16-11(2)15)12-6-4-3-5-7-12/h3-7,13H,8-9H2,1-2H3. The number of carbonyl (C=O) groups is 2. The van der Waals surface area contributed by atoms with E-state index in [2.05, 4.69) is 0 Å². The van der Waals surface area contributed by atoms with E-state index < -0.39 is 0 Å². The molecule has 1 aromatic rings. The highest BCUT2D eigenvalue weighted by Gasteiger charge is 2.16. The maximum Gasteiger partial charge on any atom is 0.302 e. The van der Waals surface area contributed by atoms with Gasteiger partial charge >= 0.3 is 5.97 Å². The third-order valence-electron chi connectivity index (χ3n) is 2.40. The Morgan fingerprint density at radius 2 is 1.81 bits per heavy atom. The zero-order valence-electron chi connectivity index (χ0n) is 9.60. The minimum absolute atomic E-state index is 0.0957. The molecule has 0 saturated heterocycles. The third kappa shape index (κ3) is 3.85. The van der Waals surface area contributed by atoms with Crippen LogP contribution in [0.2, 0.25) is 0 Å². The van der Waals surface area contributed by atoms with Gasteiger partial charge in [-0.2, -0.15) is 0 Å². The molecular formula is C13H16O3. The number of rotatable bonds is 5. The monoisotopic (exact) mass is 220 g/mol. The van der Waals surface area contributed by atoms with Gasteiger partial charge < -0.3 is 4.74 Å². The van der Waals surface area contributed by atoms with Crippen LogP contribution in [0.3, 0.4) is 0 Å². The number of ketones is 1. The van der Waals surface area contributed by atoms with Crippen molar-refractivity contribution in [2.24, 2.45) is 0 Å². The van der Waals surface area contributed by atoms with Crippen molar-refractivity contribution in [2.45, 2.75) is 26.2 Å². The number of hydrogen-bond donors (Lipinski definition) is 0. The molecule has 0 heterocycles. The van der Waals surface area contributed by atoms with Crippen molar-refractivity contribution in [1.82, 2.24) is 0 Å². The van der Waals surface area contributed by atoms with E-state index in [1.165, 1.54) is 6.92 Å². The molecule has 16 heavy (non-hydrogen) atoms. The van der Waals surface area contributed by atoms with Crippen molar-refractivity contribution in [3.63, 3.8) is 0 Å². The zero-order valence-corrected chi connectivity index (χ0v) is 9.60. The van der Waals surface area contributed by atoms with Gasteiger partial charge in [0.2, 0.25) is 0 Å². The molecular weight excluding hydrogens is 204 g/mol. The van der Waals surface area contributed by atoms with Gasteiger partial charge in [0.15, 0.2) is 0 Å². The number of Topliss-reactive ketones (excluding diaryl/α,β-unsaturated/α-hetero) is 1. The Bertz CT molecular complexity index is 357. The van der Waals surface area contributed by atoms with E-state index in [4.69, 9.17) is 4.74 Å². The SMILES string of the molecule is CC(=O)OCCC(C(C)=O)c1ccccc1. The average Bonchev–Trinajstić information content (AvgIpc) is 2.25. The molecule has 0 bridgehead atoms. The summed E-state index contributed by atoms with van der Waals surface area (Å²) in [7, 11) is 0. The van der Waals surface area contributed by atoms with Gasteiger partial charge in [-0.25, -0.2) is 0 Å². The summed E-state index contributed by atoms with van der Waals surface area (Å²) in [6.45, 7) is 3.21. The molecule has 0 aliphatic heterocycles. The lowest BCUT2D eigenvalue weighted by Gasteiger charge is -2.13. The number of hydrogen-bond acceptors (Lipinski definition) is 3. The minimum Gasteiger partial charge on any atom is -0.466 e. The predicted molar refractivity (Wildman–Crippen MR) is 61.1 cm³/mol. The van der Waals surface area contributed by atoms with Crippen molar-refractivity contribution < 1.29 is 14.3 Å². The van der Waals surface area contributed by atoms with Gasteiger partial charge in [0.05, 0.1) is 6.61 Å². The average molecular weight is 220 g/mol. The van der Waals surface area contributed by atoms with Gasteiger partial charge in [0, 0.05) is 12.8 Å². The fourth-order valence-electron chi connectivity index (χ4n) is 1.61. The summed E-state index contributed by atoms with van der Waals surface area (Å²) in [5, 5.41) is 0. The van der Waals surface area contributed by atoms with Gasteiger partial charge in [0.25, 0.3) is 0 Å². The lowest BCUT2D eigenvalue weighted by Crippen LogP contribution is -2.13. The van der Waals surface area contributed by atoms with Crippen molar-refractivity contribution in [1.29, 1.82) is 0 Å². The van der Waals surface area contributed by atoms with Crippen LogP contribution < -0.4 is 0 Å². The molecule has 86 valence electrons. The first-order chi connectivity index (χ1) is 7.61. The first-order valence-corrected chi connectivity index (χ1v) is 5.30. The van der Waals surface area contributed by atoms with Gasteiger partial charge in [-0.05, 0) is 18.9 Å². The summed E-state index contributed by atoms with van der Waals surface area (Å²) in [4.78, 5) is 22.1. The van der Waals surface area contributed by atoms with E-state index in [-0.39, 0.29) is 24.3 Å². The molecule has 0 aliphatic rings. The fraction of sp³-hybridized carbons (Fsp3) is 0.385. The van der Waals surface area contributed by atoms with Crippen LogP contribution in [-0.4, -0.2) is 18.4 Å². The van der Waals surface area contributed by atoms with E-state index in [9.17, 15) is 9.59 Å². The lowest BCUT2D eigenvalue weighted by atomic mass is 9.93. The number of carbonyl (C=O) groups excluding carboxylic acids is 2. The molecule has 0 aromatic heterocycles. The van der Waals surface area contributed by atoms with E-state index in [0.29, 0.717) is 6.42 Å². The first kappa shape index (κ1) is 12.4. The van der Waals surface area contributed by atoms with E-state index in [1.807, 2.05) is 30.3 Å². The molecule has 0 saturated carbocycles. The third-order valence-corrected chi connectivity index (χ3v) is 2.40. The second-order valence-electron chi connectivity index (χ2n) is 3.70. The van der Waals surface area contributed by atoms with Crippen LogP contribution in [0.5, 0.6) is 0 Å². The normalized spacial score (nSPS) is 11.9. The van der Waals surface area contributed by atoms with Gasteiger partial charge in [-0.1, -0.05) is 30.3 Å². The summed E-state index contributed by atoms with van der Waals surface area (Å²) in [6.07, 6.45) is 0.541. The largest absolute Gasteiger partial charge is 0.466 e. The van der Waals surface area contributed by atoms with E-state index >= 15 is 0 Å². The number of esters is 1. The highest BCUT2D eigenvalue weighted by molar-refractivity contribution is 5.83. The Morgan fingerprint density at radius 1 is 1.19 bits per heavy atom. The van der Waals surface area contributed by atoms with Crippen molar-refractivity contribution in [3.8, 4) is 0 Å². The molecule has 0 amide bonds. The summed E-state index contributed by atoms with van der Waals surface area (Å²) < 4.78 is 4.85. The van der Waals surface area contributed by atoms with E-state index in [0.717, 1.165) is 5.56 Å². The Hall–Kier alpha value is -1.64. The Morgan fingerprint density at radius 3 is 2.31 bits per heavy atom. The molecule has 0 radical (unpaired) electrons. The predicted octanol–water partition coefficient (Wildman–Crippen LogP) is 2.31. The lowest BCUT2D eigenvalue weighted by molar-refractivity contribution is -0.141. The highest BCUT2D eigenvalue weighted by atomic mass is 16.5. The van der Waals surface area contributed by atoms with E-state index in [1.54, 1.807) is 6.92 Å². The van der Waals surface area contributed by atoms with Crippen LogP contribution in [0, 0.1) is 0 Å². The maximum atomic E-state index is 11.5. The Kier molecular flexibility index (Phi) is 4.70. The smallest absolute Gasteiger partial charge is 0.302 e. The topological polar surface area (TPSA) is 43.4 Å². The molecule has 0 spiro atoms. The Labute approximate surface area is 95.4 Å². The molecule has 1 unspecified atom stereocenters. The number of benzene rings is 1. The minimum atomic E-state index is -0.310. The first-order valence-electron chi connectivity index (χ1n) is 5.30. The molecule has 1 rings (SSSR count). The van der Waals surface area contributed by atoms with Crippen LogP contribution in [-0.2, 0) is 14.3 Å². The van der Waals surface area contributed by atoms with Crippen LogP contribution >= 0.6 is 0 Å². The van der Waals surface area contributed by atoms with Crippen LogP contribution in [0.25, 0.3) is 0 Å². The molecule has 0 aliphatic carbocycles. The molecule has 1 aromatic carbocycles. The van der Waals surface area contributed by atoms with Crippen LogP contribution in [0.4, 0.5) is 0 Å². The summed E-state index contributed by atoms with van der Waals surface area (Å²) in [6, 6.07) is 9.54. The van der Waals surface area contributed by atoms with Crippen LogP contribution in [0.1, 0.15) is 31.7 Å². The highest BCUT2D eigenvalue weighted by Crippen LogP contribution is 2.20. The second kappa shape index (κ2) is 6.05. The van der Waals surface area contributed by atoms with Crippen LogP contribution in [0.15, 0.2) is 30.3 Å². The fourth-order valence-corrected chi connectivity index (χ4v) is 1.61. The molecule has 1 atom stereocenters. The number of ether oxygens (including phenoxy) is 1. The van der Waals surface area contributed by atoms with Crippen molar-refractivity contribution in [2.75, 3.05) is 6.61 Å². The van der Waals surface area contributed by atoms with Crippen molar-refractivity contribution >= 4 is 11.8 Å². The Balaban J connectivity index is 2.62. The van der Waals surface area contributed by atoms with Gasteiger partial charge in [-0.3, -0.25) is 9.59 Å². The second-order valence-corrected chi connectivity index (χ2v) is 3.70. The molecule has 0 N–H and O–H groups in total. The summed E-state index contributed by atoms with van der Waals surface area (Å²) >= 11 is 0. The quantitative estimate of drug-likeness (QED) is 0.715. The molecule has 3 heteroatoms. The maximum absolute atomic E-state index is 11.5. The zero-order chi connectivity index (χ0) is 12.0. The molecule has 3 nitrogen and oxygen atoms in total. The van der Waals surface area contributed by atoms with Gasteiger partial charge in [-0.15, -0.1) is 0 Å². The van der Waals surface area contributed by atoms with Crippen molar-refractivity contribution in [3.05, 3.63) is 35.9 Å². The van der Waals surface area contributed by atoms with Gasteiger partial charge in [0.1, 0.15) is 5.78 Å².